The molecule has 3 nitrogen and oxygen atoms in total. The molecule has 1 aromatic rings. The van der Waals surface area contributed by atoms with Gasteiger partial charge in [-0.15, -0.1) is 0 Å². The first-order valence-corrected chi connectivity index (χ1v) is 5.22. The molecule has 1 aromatic carbocycles. The van der Waals surface area contributed by atoms with Crippen LogP contribution in [0.25, 0.3) is 0 Å². The van der Waals surface area contributed by atoms with Crippen molar-refractivity contribution in [3.63, 3.8) is 0 Å². The van der Waals surface area contributed by atoms with Crippen LogP contribution in [0.1, 0.15) is 17.2 Å². The van der Waals surface area contributed by atoms with Crippen LogP contribution in [0.4, 0.5) is 0 Å². The van der Waals surface area contributed by atoms with Crippen molar-refractivity contribution in [3.8, 4) is 0 Å². The Labute approximate surface area is 88.7 Å². The lowest BCUT2D eigenvalue weighted by molar-refractivity contribution is 0.0792. The van der Waals surface area contributed by atoms with Crippen LogP contribution in [0.15, 0.2) is 29.4 Å². The number of hydrogen-bond donors (Lipinski definition) is 0. The Morgan fingerprint density at radius 3 is 2.80 bits per heavy atom. The van der Waals surface area contributed by atoms with Crippen molar-refractivity contribution in [2.75, 3.05) is 13.2 Å². The van der Waals surface area contributed by atoms with Crippen molar-refractivity contribution in [1.82, 2.24) is 0 Å². The monoisotopic (exact) mass is 203 g/mol. The lowest BCUT2D eigenvalue weighted by Gasteiger charge is -2.09. The first-order valence-electron chi connectivity index (χ1n) is 5.22. The highest BCUT2D eigenvalue weighted by molar-refractivity contribution is 5.93. The molecular formula is C12H13NO2. The van der Waals surface area contributed by atoms with Crippen LogP contribution in [-0.4, -0.2) is 18.9 Å². The molecule has 2 aliphatic heterocycles. The summed E-state index contributed by atoms with van der Waals surface area (Å²) in [5.74, 6) is 0.372. The molecule has 0 radical (unpaired) electrons. The van der Waals surface area contributed by atoms with Crippen LogP contribution in [-0.2, 0) is 9.57 Å². The Bertz CT molecular complexity index is 397. The van der Waals surface area contributed by atoms with Gasteiger partial charge in [0.1, 0.15) is 12.7 Å². The molecule has 3 heteroatoms. The van der Waals surface area contributed by atoms with Crippen LogP contribution < -0.4 is 0 Å². The van der Waals surface area contributed by atoms with Crippen LogP contribution in [0, 0.1) is 12.8 Å². The maximum Gasteiger partial charge on any atom is 0.127 e. The van der Waals surface area contributed by atoms with E-state index in [1.807, 2.05) is 0 Å². The van der Waals surface area contributed by atoms with Crippen LogP contribution in [0.5, 0.6) is 0 Å². The first kappa shape index (κ1) is 8.92. The van der Waals surface area contributed by atoms with Gasteiger partial charge in [-0.3, -0.25) is 0 Å². The van der Waals surface area contributed by atoms with E-state index < -0.39 is 0 Å². The van der Waals surface area contributed by atoms with E-state index in [-0.39, 0.29) is 6.10 Å². The summed E-state index contributed by atoms with van der Waals surface area (Å²) in [6, 6.07) is 8.40. The van der Waals surface area contributed by atoms with Crippen molar-refractivity contribution >= 4 is 5.71 Å². The highest BCUT2D eigenvalue weighted by atomic mass is 16.6. The quantitative estimate of drug-likeness (QED) is 0.699. The van der Waals surface area contributed by atoms with E-state index in [4.69, 9.17) is 9.57 Å². The molecule has 78 valence electrons. The molecule has 2 heterocycles. The van der Waals surface area contributed by atoms with Gasteiger partial charge in [-0.1, -0.05) is 35.0 Å². The number of oxime groups is 1. The standard InChI is InChI=1S/C12H13NO2/c1-8-2-4-9(5-3-8)12-11-10(6-14-12)7-15-13-11/h2-5,10,12H,6-7H2,1H3. The van der Waals surface area contributed by atoms with Crippen molar-refractivity contribution in [1.29, 1.82) is 0 Å². The summed E-state index contributed by atoms with van der Waals surface area (Å²) >= 11 is 0. The predicted molar refractivity (Wildman–Crippen MR) is 56.7 cm³/mol. The van der Waals surface area contributed by atoms with E-state index in [0.717, 1.165) is 12.3 Å². The van der Waals surface area contributed by atoms with Gasteiger partial charge in [0, 0.05) is 0 Å². The Balaban J connectivity index is 1.91. The molecule has 0 bridgehead atoms. The third-order valence-electron chi connectivity index (χ3n) is 2.98. The summed E-state index contributed by atoms with van der Waals surface area (Å²) in [5.41, 5.74) is 3.49. The Morgan fingerprint density at radius 2 is 2.00 bits per heavy atom. The molecule has 2 aliphatic rings. The van der Waals surface area contributed by atoms with Crippen LogP contribution in [0.2, 0.25) is 0 Å². The molecule has 0 saturated carbocycles. The second kappa shape index (κ2) is 3.35. The summed E-state index contributed by atoms with van der Waals surface area (Å²) < 4.78 is 5.74. The number of fused-ring (bicyclic) bond motifs is 1. The zero-order valence-electron chi connectivity index (χ0n) is 8.64. The van der Waals surface area contributed by atoms with Crippen molar-refractivity contribution < 1.29 is 9.57 Å². The van der Waals surface area contributed by atoms with Gasteiger partial charge in [0.2, 0.25) is 0 Å². The Morgan fingerprint density at radius 1 is 1.20 bits per heavy atom. The van der Waals surface area contributed by atoms with E-state index in [1.54, 1.807) is 0 Å². The topological polar surface area (TPSA) is 30.8 Å². The van der Waals surface area contributed by atoms with E-state index in [2.05, 4.69) is 36.3 Å². The van der Waals surface area contributed by atoms with Gasteiger partial charge >= 0.3 is 0 Å². The summed E-state index contributed by atoms with van der Waals surface area (Å²) in [6.07, 6.45) is 0.0121. The van der Waals surface area contributed by atoms with E-state index in [1.165, 1.54) is 11.1 Å². The lowest BCUT2D eigenvalue weighted by atomic mass is 9.98. The SMILES string of the molecule is Cc1ccc(C2OCC3CON=C32)cc1. The van der Waals surface area contributed by atoms with Crippen molar-refractivity contribution in [2.45, 2.75) is 13.0 Å². The highest BCUT2D eigenvalue weighted by Gasteiger charge is 2.38. The summed E-state index contributed by atoms with van der Waals surface area (Å²) in [6.45, 7) is 3.49. The molecule has 15 heavy (non-hydrogen) atoms. The number of aryl methyl sites for hydroxylation is 1. The Kier molecular flexibility index (Phi) is 1.99. The van der Waals surface area contributed by atoms with Crippen molar-refractivity contribution in [3.05, 3.63) is 35.4 Å². The molecule has 0 aliphatic carbocycles. The molecule has 1 saturated heterocycles. The van der Waals surface area contributed by atoms with Gasteiger partial charge in [-0.25, -0.2) is 0 Å². The lowest BCUT2D eigenvalue weighted by Crippen LogP contribution is -2.11. The fraction of sp³-hybridized carbons (Fsp3) is 0.417. The summed E-state index contributed by atoms with van der Waals surface area (Å²) in [7, 11) is 0. The molecule has 2 unspecified atom stereocenters. The fourth-order valence-electron chi connectivity index (χ4n) is 2.06. The van der Waals surface area contributed by atoms with E-state index in [9.17, 15) is 0 Å². The molecule has 2 atom stereocenters. The average Bonchev–Trinajstić information content (AvgIpc) is 2.80. The number of rotatable bonds is 1. The van der Waals surface area contributed by atoms with Crippen LogP contribution >= 0.6 is 0 Å². The fourth-order valence-corrected chi connectivity index (χ4v) is 2.06. The zero-order chi connectivity index (χ0) is 10.3. The number of ether oxygens (including phenoxy) is 1. The molecule has 0 N–H and O–H groups in total. The van der Waals surface area contributed by atoms with Gasteiger partial charge < -0.3 is 9.57 Å². The maximum absolute atomic E-state index is 5.74. The molecular weight excluding hydrogens is 190 g/mol. The van der Waals surface area contributed by atoms with E-state index >= 15 is 0 Å². The number of benzene rings is 1. The van der Waals surface area contributed by atoms with Gasteiger partial charge in [-0.05, 0) is 12.5 Å². The molecule has 0 aromatic heterocycles. The zero-order valence-corrected chi connectivity index (χ0v) is 8.64. The minimum absolute atomic E-state index is 0.0121. The molecule has 0 spiro atoms. The predicted octanol–water partition coefficient (Wildman–Crippen LogP) is 2.07. The van der Waals surface area contributed by atoms with E-state index in [0.29, 0.717) is 12.5 Å². The smallest absolute Gasteiger partial charge is 0.127 e. The third-order valence-corrected chi connectivity index (χ3v) is 2.98. The molecule has 1 fully saturated rings. The minimum atomic E-state index is 0.0121. The molecule has 0 amide bonds. The summed E-state index contributed by atoms with van der Waals surface area (Å²) in [4.78, 5) is 5.09. The number of nitrogens with zero attached hydrogens (tertiary/aromatic N) is 1. The van der Waals surface area contributed by atoms with Crippen LogP contribution in [0.3, 0.4) is 0 Å². The average molecular weight is 203 g/mol. The normalized spacial score (nSPS) is 28.5. The molecule has 3 rings (SSSR count). The minimum Gasteiger partial charge on any atom is -0.395 e. The second-order valence-electron chi connectivity index (χ2n) is 4.13. The maximum atomic E-state index is 5.74. The second-order valence-corrected chi connectivity index (χ2v) is 4.13. The highest BCUT2D eigenvalue weighted by Crippen LogP contribution is 2.33. The summed E-state index contributed by atoms with van der Waals surface area (Å²) in [5, 5.41) is 4.07. The Hall–Kier alpha value is -1.35. The van der Waals surface area contributed by atoms with Gasteiger partial charge in [0.25, 0.3) is 0 Å². The largest absolute Gasteiger partial charge is 0.395 e. The van der Waals surface area contributed by atoms with Gasteiger partial charge in [0.05, 0.1) is 18.2 Å². The van der Waals surface area contributed by atoms with Gasteiger partial charge in [-0.2, -0.15) is 0 Å². The van der Waals surface area contributed by atoms with Crippen molar-refractivity contribution in [2.24, 2.45) is 11.1 Å². The number of hydrogen-bond acceptors (Lipinski definition) is 3. The first-order chi connectivity index (χ1) is 7.34. The third kappa shape index (κ3) is 1.43. The van der Waals surface area contributed by atoms with Gasteiger partial charge in [0.15, 0.2) is 0 Å².